The van der Waals surface area contributed by atoms with Crippen molar-refractivity contribution in [1.82, 2.24) is 4.90 Å². The Hall–Kier alpha value is -2.96. The number of rotatable bonds is 4. The largest absolute Gasteiger partial charge is 0.417 e. The van der Waals surface area contributed by atoms with E-state index in [1.807, 2.05) is 0 Å². The highest BCUT2D eigenvalue weighted by Crippen LogP contribution is 2.33. The molecule has 29 heavy (non-hydrogen) atoms. The molecule has 0 spiro atoms. The van der Waals surface area contributed by atoms with Crippen LogP contribution in [0.4, 0.5) is 23.2 Å². The van der Waals surface area contributed by atoms with Crippen molar-refractivity contribution in [1.29, 1.82) is 5.26 Å². The first-order valence-electron chi connectivity index (χ1n) is 8.77. The number of amides is 1. The zero-order valence-corrected chi connectivity index (χ0v) is 15.1. The SMILES string of the molecule is N#Cc1ccc(NC(=O)[C@@H](O)CN2CCc3ccc(F)cc3C2)cc1C(F)(F)F. The van der Waals surface area contributed by atoms with E-state index in [4.69, 9.17) is 5.26 Å². The minimum absolute atomic E-state index is 0.0514. The Balaban J connectivity index is 1.65. The number of hydrogen-bond acceptors (Lipinski definition) is 4. The smallest absolute Gasteiger partial charge is 0.382 e. The van der Waals surface area contributed by atoms with Crippen LogP contribution in [0.15, 0.2) is 36.4 Å². The molecule has 0 fully saturated rings. The topological polar surface area (TPSA) is 76.4 Å². The summed E-state index contributed by atoms with van der Waals surface area (Å²) < 4.78 is 52.5. The van der Waals surface area contributed by atoms with Crippen molar-refractivity contribution in [2.75, 3.05) is 18.4 Å². The summed E-state index contributed by atoms with van der Waals surface area (Å²) in [6.45, 7) is 0.856. The van der Waals surface area contributed by atoms with Gasteiger partial charge in [0.25, 0.3) is 5.91 Å². The number of nitrogens with zero attached hydrogens (tertiary/aromatic N) is 2. The molecule has 2 N–H and O–H groups in total. The molecule has 1 heterocycles. The van der Waals surface area contributed by atoms with Crippen LogP contribution >= 0.6 is 0 Å². The average molecular weight is 407 g/mol. The predicted molar refractivity (Wildman–Crippen MR) is 96.2 cm³/mol. The summed E-state index contributed by atoms with van der Waals surface area (Å²) in [5.41, 5.74) is -0.131. The molecule has 0 aromatic heterocycles. The highest BCUT2D eigenvalue weighted by Gasteiger charge is 2.34. The molecule has 9 heteroatoms. The molecule has 3 rings (SSSR count). The third-order valence-electron chi connectivity index (χ3n) is 4.71. The van der Waals surface area contributed by atoms with Gasteiger partial charge in [-0.05, 0) is 47.9 Å². The molecule has 1 aliphatic rings. The molecular formula is C20H17F4N3O2. The lowest BCUT2D eigenvalue weighted by Crippen LogP contribution is -2.41. The van der Waals surface area contributed by atoms with Gasteiger partial charge < -0.3 is 10.4 Å². The van der Waals surface area contributed by atoms with E-state index in [1.54, 1.807) is 11.0 Å². The van der Waals surface area contributed by atoms with Crippen LogP contribution in [-0.4, -0.2) is 35.1 Å². The van der Waals surface area contributed by atoms with Gasteiger partial charge in [0, 0.05) is 25.3 Å². The molecule has 2 aromatic rings. The van der Waals surface area contributed by atoms with E-state index in [1.165, 1.54) is 24.3 Å². The number of β-amino-alcohol motifs (C(OH)–C–C–N with tert-alkyl or cyclic N) is 1. The fraction of sp³-hybridized carbons (Fsp3) is 0.300. The second kappa shape index (κ2) is 8.19. The molecule has 1 amide bonds. The Labute approximate surface area is 164 Å². The summed E-state index contributed by atoms with van der Waals surface area (Å²) >= 11 is 0. The van der Waals surface area contributed by atoms with Crippen LogP contribution in [0.3, 0.4) is 0 Å². The fourth-order valence-electron chi connectivity index (χ4n) is 3.25. The maximum absolute atomic E-state index is 13.4. The molecule has 0 unspecified atom stereocenters. The van der Waals surface area contributed by atoms with Gasteiger partial charge in [-0.3, -0.25) is 9.69 Å². The fourth-order valence-corrected chi connectivity index (χ4v) is 3.25. The maximum Gasteiger partial charge on any atom is 0.417 e. The van der Waals surface area contributed by atoms with E-state index in [0.29, 0.717) is 25.6 Å². The molecule has 2 aromatic carbocycles. The summed E-state index contributed by atoms with van der Waals surface area (Å²) in [5, 5.41) is 21.2. The van der Waals surface area contributed by atoms with E-state index >= 15 is 0 Å². The summed E-state index contributed by atoms with van der Waals surface area (Å²) in [4.78, 5) is 14.0. The van der Waals surface area contributed by atoms with E-state index < -0.39 is 29.3 Å². The lowest BCUT2D eigenvalue weighted by molar-refractivity contribution is -0.137. The first-order valence-corrected chi connectivity index (χ1v) is 8.77. The minimum atomic E-state index is -4.75. The number of hydrogen-bond donors (Lipinski definition) is 2. The zero-order chi connectivity index (χ0) is 21.2. The van der Waals surface area contributed by atoms with Crippen LogP contribution < -0.4 is 5.32 Å². The Kier molecular flexibility index (Phi) is 5.86. The number of carbonyl (C=O) groups excluding carboxylic acids is 1. The Morgan fingerprint density at radius 3 is 2.69 bits per heavy atom. The van der Waals surface area contributed by atoms with Gasteiger partial charge in [0.15, 0.2) is 0 Å². The van der Waals surface area contributed by atoms with Gasteiger partial charge in [-0.15, -0.1) is 0 Å². The molecule has 1 atom stereocenters. The molecule has 0 bridgehead atoms. The number of alkyl halides is 3. The lowest BCUT2D eigenvalue weighted by atomic mass is 9.99. The first kappa shape index (κ1) is 20.8. The standard InChI is InChI=1S/C20H17F4N3O2/c21-15-3-1-12-5-6-27(10-14(12)7-15)11-18(28)19(29)26-16-4-2-13(9-25)17(8-16)20(22,23)24/h1-4,7-8,18,28H,5-6,10-11H2,(H,26,29)/t18-/m0/s1. The van der Waals surface area contributed by atoms with Gasteiger partial charge in [0.2, 0.25) is 0 Å². The Morgan fingerprint density at radius 1 is 1.24 bits per heavy atom. The number of nitrogens with one attached hydrogen (secondary N) is 1. The van der Waals surface area contributed by atoms with Crippen LogP contribution in [0.2, 0.25) is 0 Å². The van der Waals surface area contributed by atoms with Gasteiger partial charge in [-0.25, -0.2) is 4.39 Å². The Bertz CT molecular complexity index is 969. The normalized spacial score (nSPS) is 15.3. The quantitative estimate of drug-likeness (QED) is 0.764. The number of aliphatic hydroxyl groups is 1. The summed E-state index contributed by atoms with van der Waals surface area (Å²) in [6, 6.07) is 8.72. The van der Waals surface area contributed by atoms with Gasteiger partial charge in [0.05, 0.1) is 17.2 Å². The van der Waals surface area contributed by atoms with Crippen molar-refractivity contribution >= 4 is 11.6 Å². The second-order valence-electron chi connectivity index (χ2n) is 6.77. The monoisotopic (exact) mass is 407 g/mol. The summed E-state index contributed by atoms with van der Waals surface area (Å²) in [5.74, 6) is -1.24. The highest BCUT2D eigenvalue weighted by molar-refractivity contribution is 5.94. The van der Waals surface area contributed by atoms with Crippen LogP contribution in [0, 0.1) is 17.1 Å². The molecule has 0 saturated heterocycles. The van der Waals surface area contributed by atoms with Crippen molar-refractivity contribution in [3.05, 3.63) is 64.5 Å². The number of halogens is 4. The van der Waals surface area contributed by atoms with E-state index in [9.17, 15) is 27.5 Å². The summed E-state index contributed by atoms with van der Waals surface area (Å²) in [7, 11) is 0. The van der Waals surface area contributed by atoms with Crippen molar-refractivity contribution in [3.63, 3.8) is 0 Å². The third kappa shape index (κ3) is 4.91. The molecule has 0 radical (unpaired) electrons. The van der Waals surface area contributed by atoms with Gasteiger partial charge in [-0.1, -0.05) is 6.07 Å². The van der Waals surface area contributed by atoms with Crippen LogP contribution in [-0.2, 0) is 23.9 Å². The average Bonchev–Trinajstić information content (AvgIpc) is 2.66. The van der Waals surface area contributed by atoms with Crippen molar-refractivity contribution in [2.24, 2.45) is 0 Å². The maximum atomic E-state index is 13.4. The number of anilines is 1. The molecule has 0 saturated carbocycles. The first-order chi connectivity index (χ1) is 13.7. The van der Waals surface area contributed by atoms with E-state index in [2.05, 4.69) is 5.32 Å². The van der Waals surface area contributed by atoms with Crippen LogP contribution in [0.25, 0.3) is 0 Å². The van der Waals surface area contributed by atoms with Crippen molar-refractivity contribution < 1.29 is 27.5 Å². The van der Waals surface area contributed by atoms with Gasteiger partial charge in [0.1, 0.15) is 11.9 Å². The molecule has 152 valence electrons. The summed E-state index contributed by atoms with van der Waals surface area (Å²) in [6.07, 6.45) is -5.61. The second-order valence-corrected chi connectivity index (χ2v) is 6.77. The number of fused-ring (bicyclic) bond motifs is 1. The van der Waals surface area contributed by atoms with Crippen molar-refractivity contribution in [3.8, 4) is 6.07 Å². The predicted octanol–water partition coefficient (Wildman–Crippen LogP) is 3.07. The third-order valence-corrected chi connectivity index (χ3v) is 4.71. The number of nitriles is 1. The van der Waals surface area contributed by atoms with Crippen LogP contribution in [0.1, 0.15) is 22.3 Å². The van der Waals surface area contributed by atoms with Crippen molar-refractivity contribution in [2.45, 2.75) is 25.2 Å². The molecule has 0 aliphatic carbocycles. The molecule has 1 aliphatic heterocycles. The molecular weight excluding hydrogens is 390 g/mol. The number of benzene rings is 2. The van der Waals surface area contributed by atoms with Gasteiger partial charge in [-0.2, -0.15) is 18.4 Å². The van der Waals surface area contributed by atoms with Gasteiger partial charge >= 0.3 is 6.18 Å². The van der Waals surface area contributed by atoms with E-state index in [-0.39, 0.29) is 18.0 Å². The highest BCUT2D eigenvalue weighted by atomic mass is 19.4. The Morgan fingerprint density at radius 2 is 2.00 bits per heavy atom. The zero-order valence-electron chi connectivity index (χ0n) is 15.1. The van der Waals surface area contributed by atoms with Crippen LogP contribution in [0.5, 0.6) is 0 Å². The lowest BCUT2D eigenvalue weighted by Gasteiger charge is -2.30. The van der Waals surface area contributed by atoms with E-state index in [0.717, 1.165) is 17.2 Å². The number of aliphatic hydroxyl groups excluding tert-OH is 1. The molecule has 5 nitrogen and oxygen atoms in total. The number of carbonyl (C=O) groups is 1. The minimum Gasteiger partial charge on any atom is -0.382 e.